The summed E-state index contributed by atoms with van der Waals surface area (Å²) in [6.45, 7) is 11.9. The van der Waals surface area contributed by atoms with Crippen LogP contribution in [0, 0.1) is 12.3 Å². The lowest BCUT2D eigenvalue weighted by Crippen LogP contribution is -2.25. The van der Waals surface area contributed by atoms with Gasteiger partial charge >= 0.3 is 0 Å². The Balaban J connectivity index is 2.08. The van der Waals surface area contributed by atoms with Gasteiger partial charge in [-0.25, -0.2) is 4.98 Å². The van der Waals surface area contributed by atoms with E-state index in [0.29, 0.717) is 21.9 Å². The van der Waals surface area contributed by atoms with Gasteiger partial charge in [-0.15, -0.1) is 17.9 Å². The number of Topliss-reactive ketones (excluding diaryl/α,β-unsaturated/α-hetero) is 1. The molecule has 0 aliphatic rings. The summed E-state index contributed by atoms with van der Waals surface area (Å²) in [6.07, 6.45) is 1.68. The molecule has 0 aliphatic carbocycles. The van der Waals surface area contributed by atoms with E-state index in [1.165, 1.54) is 28.7 Å². The van der Waals surface area contributed by atoms with Crippen molar-refractivity contribution in [3.8, 4) is 11.1 Å². The quantitative estimate of drug-likeness (QED) is 0.312. The average Bonchev–Trinajstić information content (AvgIpc) is 3.06. The molecule has 4 nitrogen and oxygen atoms in total. The number of ketones is 1. The topological polar surface area (TPSA) is 52.0 Å². The van der Waals surface area contributed by atoms with Gasteiger partial charge in [-0.3, -0.25) is 14.2 Å². The van der Waals surface area contributed by atoms with Crippen LogP contribution >= 0.6 is 23.1 Å². The number of carbonyl (C=O) groups excluding carboxylic acids is 1. The van der Waals surface area contributed by atoms with Crippen LogP contribution in [0.4, 0.5) is 0 Å². The van der Waals surface area contributed by atoms with Gasteiger partial charge in [0.1, 0.15) is 10.6 Å². The molecule has 0 bridgehead atoms. The highest BCUT2D eigenvalue weighted by Gasteiger charge is 2.23. The summed E-state index contributed by atoms with van der Waals surface area (Å²) in [4.78, 5) is 31.0. The van der Waals surface area contributed by atoms with Gasteiger partial charge in [-0.2, -0.15) is 0 Å². The zero-order valence-corrected chi connectivity index (χ0v) is 18.2. The molecule has 0 saturated carbocycles. The predicted octanol–water partition coefficient (Wildman–Crippen LogP) is 5.33. The Morgan fingerprint density at radius 1 is 1.29 bits per heavy atom. The number of carbonyl (C=O) groups is 1. The van der Waals surface area contributed by atoms with E-state index < -0.39 is 5.41 Å². The predicted molar refractivity (Wildman–Crippen MR) is 119 cm³/mol. The van der Waals surface area contributed by atoms with E-state index in [1.807, 2.05) is 57.3 Å². The van der Waals surface area contributed by atoms with Crippen LogP contribution in [0.25, 0.3) is 21.3 Å². The van der Waals surface area contributed by atoms with Gasteiger partial charge in [0.05, 0.1) is 11.1 Å². The molecule has 3 rings (SSSR count). The van der Waals surface area contributed by atoms with Crippen LogP contribution in [0.3, 0.4) is 0 Å². The van der Waals surface area contributed by atoms with Crippen LogP contribution in [0.5, 0.6) is 0 Å². The lowest BCUT2D eigenvalue weighted by Gasteiger charge is -2.16. The van der Waals surface area contributed by atoms with Gasteiger partial charge in [-0.1, -0.05) is 68.4 Å². The molecule has 2 heterocycles. The van der Waals surface area contributed by atoms with E-state index in [4.69, 9.17) is 4.98 Å². The Morgan fingerprint density at radius 3 is 2.57 bits per heavy atom. The molecule has 0 spiro atoms. The van der Waals surface area contributed by atoms with Crippen LogP contribution < -0.4 is 5.56 Å². The van der Waals surface area contributed by atoms with Crippen molar-refractivity contribution in [3.05, 3.63) is 58.2 Å². The molecular weight excluding hydrogens is 388 g/mol. The molecule has 28 heavy (non-hydrogen) atoms. The van der Waals surface area contributed by atoms with Crippen molar-refractivity contribution in [2.75, 3.05) is 5.75 Å². The summed E-state index contributed by atoms with van der Waals surface area (Å²) in [5.41, 5.74) is 2.57. The molecule has 146 valence electrons. The first kappa shape index (κ1) is 20.6. The number of aryl methyl sites for hydroxylation is 1. The molecule has 6 heteroatoms. The summed E-state index contributed by atoms with van der Waals surface area (Å²) < 4.78 is 1.61. The maximum absolute atomic E-state index is 13.3. The molecule has 0 radical (unpaired) electrons. The number of fused-ring (bicyclic) bond motifs is 1. The van der Waals surface area contributed by atoms with Crippen molar-refractivity contribution in [1.29, 1.82) is 0 Å². The molecule has 0 saturated heterocycles. The number of hydrogen-bond acceptors (Lipinski definition) is 5. The second-order valence-electron chi connectivity index (χ2n) is 7.76. The van der Waals surface area contributed by atoms with Crippen molar-refractivity contribution in [3.63, 3.8) is 0 Å². The first-order valence-electron chi connectivity index (χ1n) is 9.08. The second kappa shape index (κ2) is 8.05. The maximum Gasteiger partial charge on any atom is 0.263 e. The summed E-state index contributed by atoms with van der Waals surface area (Å²) in [5.74, 6) is 0.415. The van der Waals surface area contributed by atoms with Crippen LogP contribution in [-0.4, -0.2) is 21.1 Å². The Morgan fingerprint density at radius 2 is 1.96 bits per heavy atom. The Labute approximate surface area is 173 Å². The molecule has 1 aromatic carbocycles. The van der Waals surface area contributed by atoms with Crippen LogP contribution in [0.2, 0.25) is 0 Å². The third-order valence-corrected chi connectivity index (χ3v) is 6.35. The number of allylic oxidation sites excluding steroid dienone is 1. The summed E-state index contributed by atoms with van der Waals surface area (Å²) in [7, 11) is 0. The Bertz CT molecular complexity index is 1090. The number of thiophene rings is 1. The fourth-order valence-corrected chi connectivity index (χ4v) is 4.86. The number of aromatic nitrogens is 2. The van der Waals surface area contributed by atoms with E-state index in [2.05, 4.69) is 6.58 Å². The third-order valence-electron chi connectivity index (χ3n) is 4.50. The van der Waals surface area contributed by atoms with Crippen molar-refractivity contribution in [2.24, 2.45) is 5.41 Å². The minimum Gasteiger partial charge on any atom is -0.298 e. The van der Waals surface area contributed by atoms with E-state index >= 15 is 0 Å². The van der Waals surface area contributed by atoms with E-state index in [1.54, 1.807) is 10.6 Å². The van der Waals surface area contributed by atoms with Gasteiger partial charge in [0.2, 0.25) is 0 Å². The molecule has 0 atom stereocenters. The molecule has 0 fully saturated rings. The number of rotatable bonds is 6. The average molecular weight is 413 g/mol. The Hall–Kier alpha value is -2.18. The van der Waals surface area contributed by atoms with E-state index in [0.717, 1.165) is 11.1 Å². The standard InChI is InChI=1S/C22H24N2O2S2/c1-6-11-24-20(26)18-16(15-9-7-14(2)8-10-15)12-27-19(18)23-21(24)28-13-17(25)22(3,4)5/h6-10,12H,1,11,13H2,2-5H3. The largest absolute Gasteiger partial charge is 0.298 e. The maximum atomic E-state index is 13.3. The van der Waals surface area contributed by atoms with Crippen molar-refractivity contribution in [1.82, 2.24) is 9.55 Å². The highest BCUT2D eigenvalue weighted by molar-refractivity contribution is 7.99. The summed E-state index contributed by atoms with van der Waals surface area (Å²) in [5, 5.41) is 3.17. The molecule has 0 amide bonds. The van der Waals surface area contributed by atoms with Gasteiger partial charge in [0.15, 0.2) is 5.16 Å². The fourth-order valence-electron chi connectivity index (χ4n) is 2.70. The molecular formula is C22H24N2O2S2. The van der Waals surface area contributed by atoms with Gasteiger partial charge in [-0.05, 0) is 12.5 Å². The SMILES string of the molecule is C=CCn1c(SCC(=O)C(C)(C)C)nc2scc(-c3ccc(C)cc3)c2c1=O. The highest BCUT2D eigenvalue weighted by Crippen LogP contribution is 2.32. The van der Waals surface area contributed by atoms with Gasteiger partial charge in [0.25, 0.3) is 5.56 Å². The first-order chi connectivity index (χ1) is 13.2. The molecule has 0 N–H and O–H groups in total. The van der Waals surface area contributed by atoms with Crippen molar-refractivity contribution < 1.29 is 4.79 Å². The molecule has 2 aromatic heterocycles. The smallest absolute Gasteiger partial charge is 0.263 e. The zero-order valence-electron chi connectivity index (χ0n) is 16.6. The molecule has 0 aliphatic heterocycles. The number of hydrogen-bond donors (Lipinski definition) is 0. The Kier molecular flexibility index (Phi) is 5.91. The third kappa shape index (κ3) is 4.13. The van der Waals surface area contributed by atoms with Gasteiger partial charge < -0.3 is 0 Å². The number of benzene rings is 1. The highest BCUT2D eigenvalue weighted by atomic mass is 32.2. The second-order valence-corrected chi connectivity index (χ2v) is 9.56. The van der Waals surface area contributed by atoms with Gasteiger partial charge in [0, 0.05) is 22.9 Å². The normalized spacial score (nSPS) is 11.7. The van der Waals surface area contributed by atoms with Crippen LogP contribution in [-0.2, 0) is 11.3 Å². The summed E-state index contributed by atoms with van der Waals surface area (Å²) in [6, 6.07) is 8.13. The number of nitrogens with zero attached hydrogens (tertiary/aromatic N) is 2. The minimum atomic E-state index is -0.414. The minimum absolute atomic E-state index is 0.0903. The lowest BCUT2D eigenvalue weighted by atomic mass is 9.92. The van der Waals surface area contributed by atoms with E-state index in [-0.39, 0.29) is 17.1 Å². The lowest BCUT2D eigenvalue weighted by molar-refractivity contribution is -0.123. The zero-order chi connectivity index (χ0) is 20.5. The number of thioether (sulfide) groups is 1. The van der Waals surface area contributed by atoms with E-state index in [9.17, 15) is 9.59 Å². The fraction of sp³-hybridized carbons (Fsp3) is 0.318. The molecule has 3 aromatic rings. The van der Waals surface area contributed by atoms with Crippen molar-refractivity contribution in [2.45, 2.75) is 39.4 Å². The molecule has 0 unspecified atom stereocenters. The van der Waals surface area contributed by atoms with Crippen molar-refractivity contribution >= 4 is 39.1 Å². The first-order valence-corrected chi connectivity index (χ1v) is 10.9. The summed E-state index contributed by atoms with van der Waals surface area (Å²) >= 11 is 2.78. The van der Waals surface area contributed by atoms with Crippen LogP contribution in [0.1, 0.15) is 26.3 Å². The monoisotopic (exact) mass is 412 g/mol. The van der Waals surface area contributed by atoms with Crippen LogP contribution in [0.15, 0.2) is 52.3 Å².